The molecule has 0 radical (unpaired) electrons. The van der Waals surface area contributed by atoms with Crippen molar-refractivity contribution in [3.8, 4) is 33.4 Å². The molecule has 0 heterocycles. The molecular formula is C51H37N. The van der Waals surface area contributed by atoms with Crippen LogP contribution in [0.3, 0.4) is 0 Å². The van der Waals surface area contributed by atoms with Crippen LogP contribution in [0.1, 0.15) is 25.0 Å². The van der Waals surface area contributed by atoms with E-state index < -0.39 is 0 Å². The molecule has 0 saturated heterocycles. The second-order valence-corrected chi connectivity index (χ2v) is 14.6. The van der Waals surface area contributed by atoms with E-state index in [2.05, 4.69) is 207 Å². The summed E-state index contributed by atoms with van der Waals surface area (Å²) in [6, 6.07) is 69.3. The van der Waals surface area contributed by atoms with Crippen molar-refractivity contribution >= 4 is 49.4 Å². The molecule has 9 aromatic rings. The van der Waals surface area contributed by atoms with Gasteiger partial charge in [-0.1, -0.05) is 147 Å². The highest BCUT2D eigenvalue weighted by molar-refractivity contribution is 6.03. The van der Waals surface area contributed by atoms with E-state index in [1.165, 1.54) is 76.8 Å². The van der Waals surface area contributed by atoms with E-state index in [1.807, 2.05) is 0 Å². The van der Waals surface area contributed by atoms with Crippen LogP contribution in [0, 0.1) is 0 Å². The molecule has 0 aromatic heterocycles. The fourth-order valence-corrected chi connectivity index (χ4v) is 8.46. The van der Waals surface area contributed by atoms with E-state index in [9.17, 15) is 0 Å². The quantitative estimate of drug-likeness (QED) is 0.177. The van der Waals surface area contributed by atoms with Gasteiger partial charge in [0.25, 0.3) is 0 Å². The van der Waals surface area contributed by atoms with Crippen LogP contribution in [-0.4, -0.2) is 0 Å². The fourth-order valence-electron chi connectivity index (χ4n) is 8.46. The smallest absolute Gasteiger partial charge is 0.0474 e. The summed E-state index contributed by atoms with van der Waals surface area (Å²) < 4.78 is 0. The fraction of sp³-hybridized carbons (Fsp3) is 0.0588. The zero-order chi connectivity index (χ0) is 34.8. The van der Waals surface area contributed by atoms with Crippen molar-refractivity contribution in [3.63, 3.8) is 0 Å². The Balaban J connectivity index is 1.19. The third-order valence-corrected chi connectivity index (χ3v) is 11.2. The van der Waals surface area contributed by atoms with Gasteiger partial charge in [-0.25, -0.2) is 0 Å². The summed E-state index contributed by atoms with van der Waals surface area (Å²) >= 11 is 0. The minimum absolute atomic E-state index is 0.0956. The molecular weight excluding hydrogens is 627 g/mol. The number of benzene rings is 9. The lowest BCUT2D eigenvalue weighted by Gasteiger charge is -2.28. The predicted molar refractivity (Wildman–Crippen MR) is 222 cm³/mol. The molecule has 0 unspecified atom stereocenters. The molecule has 246 valence electrons. The van der Waals surface area contributed by atoms with Crippen molar-refractivity contribution in [2.24, 2.45) is 0 Å². The first-order valence-electron chi connectivity index (χ1n) is 18.2. The van der Waals surface area contributed by atoms with Crippen molar-refractivity contribution in [1.29, 1.82) is 0 Å². The first-order chi connectivity index (χ1) is 25.5. The van der Waals surface area contributed by atoms with Gasteiger partial charge in [-0.2, -0.15) is 0 Å². The van der Waals surface area contributed by atoms with Crippen LogP contribution in [0.2, 0.25) is 0 Å². The van der Waals surface area contributed by atoms with Crippen molar-refractivity contribution in [2.45, 2.75) is 19.3 Å². The van der Waals surface area contributed by atoms with E-state index >= 15 is 0 Å². The van der Waals surface area contributed by atoms with Gasteiger partial charge in [0.15, 0.2) is 0 Å². The van der Waals surface area contributed by atoms with Crippen molar-refractivity contribution in [3.05, 3.63) is 199 Å². The maximum Gasteiger partial charge on any atom is 0.0474 e. The van der Waals surface area contributed by atoms with Gasteiger partial charge in [0.1, 0.15) is 0 Å². The zero-order valence-electron chi connectivity index (χ0n) is 29.3. The molecule has 0 amide bonds. The Hall–Kier alpha value is -6.44. The number of anilines is 3. The minimum atomic E-state index is -0.0956. The summed E-state index contributed by atoms with van der Waals surface area (Å²) in [6.07, 6.45) is 0. The molecule has 1 aliphatic rings. The van der Waals surface area contributed by atoms with Crippen LogP contribution in [0.5, 0.6) is 0 Å². The molecule has 1 nitrogen and oxygen atoms in total. The Bertz CT molecular complexity index is 2810. The molecule has 10 rings (SSSR count). The lowest BCUT2D eigenvalue weighted by atomic mass is 9.82. The Morgan fingerprint density at radius 2 is 0.885 bits per heavy atom. The molecule has 0 atom stereocenters. The van der Waals surface area contributed by atoms with Gasteiger partial charge in [0.2, 0.25) is 0 Å². The van der Waals surface area contributed by atoms with Crippen LogP contribution in [0.15, 0.2) is 188 Å². The number of fused-ring (bicyclic) bond motifs is 6. The van der Waals surface area contributed by atoms with Crippen molar-refractivity contribution in [1.82, 2.24) is 0 Å². The third kappa shape index (κ3) is 4.93. The van der Waals surface area contributed by atoms with Gasteiger partial charge in [0, 0.05) is 22.5 Å². The Morgan fingerprint density at radius 3 is 1.65 bits per heavy atom. The molecule has 0 bridgehead atoms. The summed E-state index contributed by atoms with van der Waals surface area (Å²) in [5.74, 6) is 0. The van der Waals surface area contributed by atoms with Crippen LogP contribution in [0.25, 0.3) is 65.7 Å². The first-order valence-corrected chi connectivity index (χ1v) is 18.2. The summed E-state index contributed by atoms with van der Waals surface area (Å²) in [7, 11) is 0. The van der Waals surface area contributed by atoms with Gasteiger partial charge >= 0.3 is 0 Å². The normalized spacial score (nSPS) is 13.0. The Labute approximate surface area is 305 Å². The van der Waals surface area contributed by atoms with Crippen LogP contribution in [-0.2, 0) is 5.41 Å². The largest absolute Gasteiger partial charge is 0.310 e. The number of hydrogen-bond donors (Lipinski definition) is 0. The minimum Gasteiger partial charge on any atom is -0.310 e. The maximum absolute atomic E-state index is 2.44. The van der Waals surface area contributed by atoms with E-state index in [1.54, 1.807) is 0 Å². The summed E-state index contributed by atoms with van der Waals surface area (Å²) in [5.41, 5.74) is 13.6. The standard InChI is InChI=1S/C51H37N/c1-51(2)49-27-26-43(32-48(49)47-30-38-16-8-9-17-39(38)31-50(47)51)52(42-24-22-36(23-25-42)34-12-4-3-5-13-34)44-29-40-18-10-11-19-45(40)46(33-44)41-21-20-35-14-6-7-15-37(35)28-41/h3-33H,1-2H3. The van der Waals surface area contributed by atoms with E-state index in [4.69, 9.17) is 0 Å². The first kappa shape index (κ1) is 30.4. The Kier molecular flexibility index (Phi) is 6.91. The van der Waals surface area contributed by atoms with Crippen LogP contribution in [0.4, 0.5) is 17.1 Å². The topological polar surface area (TPSA) is 3.24 Å². The SMILES string of the molecule is CC1(C)c2ccc(N(c3ccc(-c4ccccc4)cc3)c3cc(-c4ccc5ccccc5c4)c4ccccc4c3)cc2-c2cc3ccccc3cc21. The molecule has 0 N–H and O–H groups in total. The van der Waals surface area contributed by atoms with E-state index in [-0.39, 0.29) is 5.41 Å². The average molecular weight is 664 g/mol. The zero-order valence-corrected chi connectivity index (χ0v) is 29.3. The summed E-state index contributed by atoms with van der Waals surface area (Å²) in [5, 5.41) is 7.53. The molecule has 0 aliphatic heterocycles. The average Bonchev–Trinajstić information content (AvgIpc) is 3.41. The number of rotatable bonds is 5. The van der Waals surface area contributed by atoms with Crippen LogP contribution >= 0.6 is 0 Å². The van der Waals surface area contributed by atoms with Crippen LogP contribution < -0.4 is 4.90 Å². The number of hydrogen-bond acceptors (Lipinski definition) is 1. The summed E-state index contributed by atoms with van der Waals surface area (Å²) in [4.78, 5) is 2.44. The maximum atomic E-state index is 2.44. The molecule has 52 heavy (non-hydrogen) atoms. The molecule has 1 heteroatoms. The van der Waals surface area contributed by atoms with Gasteiger partial charge in [-0.15, -0.1) is 0 Å². The van der Waals surface area contributed by atoms with E-state index in [0.717, 1.165) is 17.1 Å². The second kappa shape index (κ2) is 11.8. The lowest BCUT2D eigenvalue weighted by Crippen LogP contribution is -2.15. The molecule has 9 aromatic carbocycles. The summed E-state index contributed by atoms with van der Waals surface area (Å²) in [6.45, 7) is 4.73. The Morgan fingerprint density at radius 1 is 0.327 bits per heavy atom. The molecule has 0 saturated carbocycles. The number of nitrogens with zero attached hydrogens (tertiary/aromatic N) is 1. The highest BCUT2D eigenvalue weighted by Crippen LogP contribution is 2.52. The van der Waals surface area contributed by atoms with Crippen molar-refractivity contribution in [2.75, 3.05) is 4.90 Å². The highest BCUT2D eigenvalue weighted by atomic mass is 15.1. The van der Waals surface area contributed by atoms with Crippen molar-refractivity contribution < 1.29 is 0 Å². The third-order valence-electron chi connectivity index (χ3n) is 11.2. The molecule has 1 aliphatic carbocycles. The van der Waals surface area contributed by atoms with Gasteiger partial charge in [-0.3, -0.25) is 0 Å². The van der Waals surface area contributed by atoms with Gasteiger partial charge in [0.05, 0.1) is 0 Å². The monoisotopic (exact) mass is 663 g/mol. The van der Waals surface area contributed by atoms with E-state index in [0.29, 0.717) is 0 Å². The lowest BCUT2D eigenvalue weighted by molar-refractivity contribution is 0.661. The molecule has 0 spiro atoms. The van der Waals surface area contributed by atoms with Gasteiger partial charge < -0.3 is 4.90 Å². The predicted octanol–water partition coefficient (Wildman–Crippen LogP) is 14.3. The van der Waals surface area contributed by atoms with Gasteiger partial charge in [-0.05, 0) is 131 Å². The second-order valence-electron chi connectivity index (χ2n) is 14.6. The molecule has 0 fully saturated rings. The highest BCUT2D eigenvalue weighted by Gasteiger charge is 2.36.